The van der Waals surface area contributed by atoms with Gasteiger partial charge in [0.1, 0.15) is 29.0 Å². The largest absolute Gasteiger partial charge is 0.439 e. The lowest BCUT2D eigenvalue weighted by molar-refractivity contribution is -0.0592. The van der Waals surface area contributed by atoms with Crippen molar-refractivity contribution in [1.29, 1.82) is 0 Å². The number of anilines is 1. The molecular weight excluding hydrogens is 582 g/mol. The quantitative estimate of drug-likeness (QED) is 0.264. The number of H-pyrrole nitrogens is 1. The van der Waals surface area contributed by atoms with Crippen molar-refractivity contribution in [2.24, 2.45) is 0 Å². The Morgan fingerprint density at radius 1 is 1.19 bits per heavy atom. The van der Waals surface area contributed by atoms with Crippen LogP contribution in [-0.4, -0.2) is 53.8 Å². The van der Waals surface area contributed by atoms with Gasteiger partial charge in [-0.1, -0.05) is 22.8 Å². The fourth-order valence-corrected chi connectivity index (χ4v) is 5.75. The number of fused-ring (bicyclic) bond motifs is 2. The summed E-state index contributed by atoms with van der Waals surface area (Å²) in [4.78, 5) is 30.5. The first-order valence-corrected chi connectivity index (χ1v) is 14.3. The molecule has 4 aromatic heterocycles. The molecule has 0 saturated carbocycles. The lowest BCUT2D eigenvalue weighted by Gasteiger charge is -2.30. The Balaban J connectivity index is 1.13. The number of ether oxygens (including phenoxy) is 1. The number of rotatable bonds is 8. The number of imidazole rings is 1. The Morgan fingerprint density at radius 3 is 2.72 bits per heavy atom. The topological polar surface area (TPSA) is 127 Å². The van der Waals surface area contributed by atoms with Crippen molar-refractivity contribution in [2.45, 2.75) is 52.0 Å². The first kappa shape index (κ1) is 27.6. The van der Waals surface area contributed by atoms with Gasteiger partial charge in [-0.3, -0.25) is 19.4 Å². The predicted octanol–water partition coefficient (Wildman–Crippen LogP) is 4.37. The maximum absolute atomic E-state index is 14.3. The molecule has 5 aromatic rings. The third-order valence-corrected chi connectivity index (χ3v) is 8.15. The smallest absolute Gasteiger partial charge is 0.376 e. The Labute approximate surface area is 248 Å². The van der Waals surface area contributed by atoms with Gasteiger partial charge in [-0.25, -0.2) is 23.5 Å². The Morgan fingerprint density at radius 2 is 2.00 bits per heavy atom. The molecule has 2 aliphatic rings. The van der Waals surface area contributed by atoms with E-state index in [1.807, 2.05) is 6.92 Å². The van der Waals surface area contributed by atoms with Gasteiger partial charge in [0, 0.05) is 36.8 Å². The van der Waals surface area contributed by atoms with Gasteiger partial charge in [0.25, 0.3) is 0 Å². The van der Waals surface area contributed by atoms with Crippen LogP contribution in [0.2, 0.25) is 5.02 Å². The average molecular weight is 609 g/mol. The van der Waals surface area contributed by atoms with E-state index in [4.69, 9.17) is 26.3 Å². The summed E-state index contributed by atoms with van der Waals surface area (Å²) in [6.45, 7) is 5.24. The summed E-state index contributed by atoms with van der Waals surface area (Å²) < 4.78 is 41.2. The highest BCUT2D eigenvalue weighted by Gasteiger charge is 2.25. The fourth-order valence-electron chi connectivity index (χ4n) is 5.56. The predicted molar refractivity (Wildman–Crippen MR) is 153 cm³/mol. The molecule has 1 atom stereocenters. The van der Waals surface area contributed by atoms with Crippen LogP contribution in [0.5, 0.6) is 0 Å². The van der Waals surface area contributed by atoms with Crippen LogP contribution in [0, 0.1) is 18.6 Å². The molecule has 0 spiro atoms. The van der Waals surface area contributed by atoms with Gasteiger partial charge in [-0.05, 0) is 49.1 Å². The number of aromatic amines is 1. The van der Waals surface area contributed by atoms with Crippen LogP contribution in [0.1, 0.15) is 34.6 Å². The highest BCUT2D eigenvalue weighted by Crippen LogP contribution is 2.28. The molecule has 1 fully saturated rings. The highest BCUT2D eigenvalue weighted by atomic mass is 35.5. The van der Waals surface area contributed by atoms with E-state index in [9.17, 15) is 13.6 Å². The van der Waals surface area contributed by atoms with E-state index in [2.05, 4.69) is 40.5 Å². The number of hydrogen-bond acceptors (Lipinski definition) is 9. The van der Waals surface area contributed by atoms with Gasteiger partial charge >= 0.3 is 5.76 Å². The minimum Gasteiger partial charge on any atom is -0.376 e. The zero-order chi connectivity index (χ0) is 29.7. The lowest BCUT2D eigenvalue weighted by Crippen LogP contribution is -2.34. The SMILES string of the molecule is Cc1cc2c(nc1NCc1c(F)cc(Cl)cc1F)CN(Cc1nc3cc(-c4noc(=O)[nH]4)ncc3n1C[C@@H]1CCO1)CC2. The molecule has 0 radical (unpaired) electrons. The lowest BCUT2D eigenvalue weighted by atomic mass is 10.0. The Hall–Kier alpha value is -4.20. The third kappa shape index (κ3) is 5.51. The molecule has 1 aromatic carbocycles. The molecule has 2 aliphatic heterocycles. The molecule has 7 rings (SSSR count). The fraction of sp³-hybridized carbons (Fsp3) is 0.345. The zero-order valence-corrected chi connectivity index (χ0v) is 23.9. The second-order valence-electron chi connectivity index (χ2n) is 10.8. The van der Waals surface area contributed by atoms with E-state index in [1.54, 1.807) is 12.3 Å². The van der Waals surface area contributed by atoms with E-state index in [1.165, 1.54) is 0 Å². The minimum atomic E-state index is -0.703. The van der Waals surface area contributed by atoms with Gasteiger partial charge in [0.15, 0.2) is 0 Å². The second kappa shape index (κ2) is 11.1. The van der Waals surface area contributed by atoms with E-state index in [0.29, 0.717) is 31.1 Å². The van der Waals surface area contributed by atoms with Crippen molar-refractivity contribution in [3.63, 3.8) is 0 Å². The number of pyridine rings is 2. The van der Waals surface area contributed by atoms with Crippen LogP contribution in [0.3, 0.4) is 0 Å². The number of nitrogens with one attached hydrogen (secondary N) is 2. The van der Waals surface area contributed by atoms with Gasteiger partial charge < -0.3 is 14.6 Å². The molecule has 0 amide bonds. The molecule has 14 heteroatoms. The van der Waals surface area contributed by atoms with Crippen molar-refractivity contribution < 1.29 is 18.0 Å². The van der Waals surface area contributed by atoms with Crippen LogP contribution < -0.4 is 11.1 Å². The average Bonchev–Trinajstić information content (AvgIpc) is 3.53. The standard InChI is InChI=1S/C29H27ClF2N8O3/c1-15-6-16-2-4-39(13-24(16)36-27(15)34-10-19-20(31)7-17(30)8-21(19)32)14-26-35-22-9-23(28-37-29(41)43-38-28)33-11-25(22)40(26)12-18-3-5-42-18/h6-9,11,18H,2-5,10,12-14H2,1H3,(H,34,36)(H,37,38,41)/t18-/m0/s1. The van der Waals surface area contributed by atoms with Crippen molar-refractivity contribution >= 4 is 28.5 Å². The summed E-state index contributed by atoms with van der Waals surface area (Å²) in [6.07, 6.45) is 3.62. The minimum absolute atomic E-state index is 0.0127. The molecule has 1 saturated heterocycles. The molecule has 6 heterocycles. The normalized spacial score (nSPS) is 16.8. The van der Waals surface area contributed by atoms with Crippen molar-refractivity contribution in [2.75, 3.05) is 18.5 Å². The monoisotopic (exact) mass is 608 g/mol. The molecule has 222 valence electrons. The van der Waals surface area contributed by atoms with E-state index in [0.717, 1.165) is 71.8 Å². The van der Waals surface area contributed by atoms with E-state index >= 15 is 0 Å². The zero-order valence-electron chi connectivity index (χ0n) is 23.2. The second-order valence-corrected chi connectivity index (χ2v) is 11.3. The summed E-state index contributed by atoms with van der Waals surface area (Å²) >= 11 is 5.77. The van der Waals surface area contributed by atoms with Crippen LogP contribution in [-0.2, 0) is 37.3 Å². The van der Waals surface area contributed by atoms with Crippen LogP contribution in [0.15, 0.2) is 39.8 Å². The Bertz CT molecular complexity index is 1880. The molecule has 43 heavy (non-hydrogen) atoms. The van der Waals surface area contributed by atoms with Crippen LogP contribution in [0.25, 0.3) is 22.6 Å². The first-order chi connectivity index (χ1) is 20.8. The maximum Gasteiger partial charge on any atom is 0.439 e. The number of aryl methyl sites for hydroxylation is 1. The van der Waals surface area contributed by atoms with Crippen molar-refractivity contribution in [3.05, 3.63) is 85.9 Å². The first-order valence-electron chi connectivity index (χ1n) is 13.9. The number of nitrogens with zero attached hydrogens (tertiary/aromatic N) is 6. The van der Waals surface area contributed by atoms with E-state index < -0.39 is 17.4 Å². The molecule has 11 nitrogen and oxygen atoms in total. The third-order valence-electron chi connectivity index (χ3n) is 7.93. The molecule has 0 bridgehead atoms. The molecule has 0 unspecified atom stereocenters. The number of hydrogen-bond donors (Lipinski definition) is 2. The summed E-state index contributed by atoms with van der Waals surface area (Å²) in [5, 5.41) is 6.86. The summed E-state index contributed by atoms with van der Waals surface area (Å²) in [5.74, 6) is -0.376. The van der Waals surface area contributed by atoms with Gasteiger partial charge in [-0.2, -0.15) is 0 Å². The van der Waals surface area contributed by atoms with Crippen LogP contribution in [0.4, 0.5) is 14.6 Å². The highest BCUT2D eigenvalue weighted by molar-refractivity contribution is 6.30. The van der Waals surface area contributed by atoms with Gasteiger partial charge in [-0.15, -0.1) is 0 Å². The Kier molecular flexibility index (Phi) is 7.15. The summed E-state index contributed by atoms with van der Waals surface area (Å²) in [6, 6.07) is 6.07. The number of aromatic nitrogens is 6. The molecular formula is C29H27ClF2N8O3. The van der Waals surface area contributed by atoms with Crippen molar-refractivity contribution in [3.8, 4) is 11.5 Å². The maximum atomic E-state index is 14.3. The molecule has 2 N–H and O–H groups in total. The number of benzene rings is 1. The van der Waals surface area contributed by atoms with Crippen LogP contribution >= 0.6 is 11.6 Å². The van der Waals surface area contributed by atoms with E-state index in [-0.39, 0.29) is 29.1 Å². The summed E-state index contributed by atoms with van der Waals surface area (Å²) in [5.41, 5.74) is 4.91. The van der Waals surface area contributed by atoms with Crippen molar-refractivity contribution in [1.82, 2.24) is 34.6 Å². The molecule has 0 aliphatic carbocycles. The van der Waals surface area contributed by atoms with Gasteiger partial charge in [0.05, 0.1) is 42.1 Å². The summed E-state index contributed by atoms with van der Waals surface area (Å²) in [7, 11) is 0. The number of halogens is 3. The van der Waals surface area contributed by atoms with Gasteiger partial charge in [0.2, 0.25) is 5.82 Å².